The second-order valence-corrected chi connectivity index (χ2v) is 12.3. The van der Waals surface area contributed by atoms with E-state index in [2.05, 4.69) is 9.88 Å². The molecule has 11 heteroatoms. The van der Waals surface area contributed by atoms with Crippen LogP contribution in [0, 0.1) is 6.92 Å². The molecule has 1 aliphatic heterocycles. The minimum absolute atomic E-state index is 0. The number of imidazole rings is 1. The van der Waals surface area contributed by atoms with Gasteiger partial charge in [0.25, 0.3) is 5.56 Å². The van der Waals surface area contributed by atoms with Crippen molar-refractivity contribution >= 4 is 15.5 Å². The van der Waals surface area contributed by atoms with Crippen LogP contribution in [0.4, 0.5) is 0 Å². The Morgan fingerprint density at radius 3 is 2.45 bits per heavy atom. The minimum Gasteiger partial charge on any atom is -0.493 e. The van der Waals surface area contributed by atoms with Crippen LogP contribution >= 0.6 is 0 Å². The number of piperazine rings is 1. The van der Waals surface area contributed by atoms with Crippen LogP contribution in [0.2, 0.25) is 0 Å². The van der Waals surface area contributed by atoms with Gasteiger partial charge in [-0.1, -0.05) is 20.3 Å². The average Bonchev–Trinajstić information content (AvgIpc) is 3.49. The van der Waals surface area contributed by atoms with Gasteiger partial charge < -0.3 is 9.72 Å². The van der Waals surface area contributed by atoms with E-state index in [9.17, 15) is 13.2 Å². The molecule has 2 aromatic heterocycles. The summed E-state index contributed by atoms with van der Waals surface area (Å²) in [5.74, 6) is 1.80. The van der Waals surface area contributed by atoms with Gasteiger partial charge in [-0.2, -0.15) is 4.31 Å². The monoisotopic (exact) mass is 542 g/mol. The van der Waals surface area contributed by atoms with E-state index in [-0.39, 0.29) is 29.6 Å². The molecule has 38 heavy (non-hydrogen) atoms. The van der Waals surface area contributed by atoms with Gasteiger partial charge in [0.1, 0.15) is 11.6 Å². The van der Waals surface area contributed by atoms with Gasteiger partial charge in [-0.3, -0.25) is 9.69 Å². The molecular weight excluding hydrogens is 504 g/mol. The number of nitrogens with zero attached hydrogens (tertiary/aromatic N) is 5. The summed E-state index contributed by atoms with van der Waals surface area (Å²) in [6.07, 6.45) is 6.74. The Balaban J connectivity index is 0.00000294. The Morgan fingerprint density at radius 2 is 1.79 bits per heavy atom. The van der Waals surface area contributed by atoms with Crippen molar-refractivity contribution < 1.29 is 13.2 Å². The highest BCUT2D eigenvalue weighted by atomic mass is 32.2. The summed E-state index contributed by atoms with van der Waals surface area (Å²) < 4.78 is 36.3. The molecule has 1 N–H and O–H groups in total. The highest BCUT2D eigenvalue weighted by Gasteiger charge is 2.35. The lowest BCUT2D eigenvalue weighted by atomic mass is 10.1. The van der Waals surface area contributed by atoms with E-state index in [1.165, 1.54) is 12.8 Å². The second kappa shape index (κ2) is 10.4. The molecule has 0 unspecified atom stereocenters. The zero-order valence-electron chi connectivity index (χ0n) is 21.4. The van der Waals surface area contributed by atoms with Crippen molar-refractivity contribution in [1.82, 2.24) is 28.8 Å². The highest BCUT2D eigenvalue weighted by Crippen LogP contribution is 2.35. The molecule has 1 aromatic carbocycles. The molecule has 1 saturated heterocycles. The molecule has 0 spiro atoms. The van der Waals surface area contributed by atoms with Gasteiger partial charge in [0.05, 0.1) is 22.8 Å². The van der Waals surface area contributed by atoms with Crippen LogP contribution in [-0.4, -0.2) is 76.0 Å². The maximum Gasteiger partial charge on any atom is 0.277 e. The van der Waals surface area contributed by atoms with E-state index in [4.69, 9.17) is 14.8 Å². The molecular formula is C27H38N6O4S. The number of benzene rings is 1. The van der Waals surface area contributed by atoms with Crippen LogP contribution in [0.15, 0.2) is 27.9 Å². The number of fused-ring (bicyclic) bond motifs is 1. The first-order chi connectivity index (χ1) is 17.9. The van der Waals surface area contributed by atoms with Crippen molar-refractivity contribution in [3.8, 4) is 17.1 Å². The van der Waals surface area contributed by atoms with Gasteiger partial charge in [-0.25, -0.2) is 17.9 Å². The van der Waals surface area contributed by atoms with Crippen LogP contribution in [-0.2, 0) is 10.0 Å². The van der Waals surface area contributed by atoms with Crippen molar-refractivity contribution in [1.29, 1.82) is 0 Å². The summed E-state index contributed by atoms with van der Waals surface area (Å²) >= 11 is 0. The lowest BCUT2D eigenvalue weighted by Crippen LogP contribution is -2.49. The van der Waals surface area contributed by atoms with E-state index in [1.807, 2.05) is 13.8 Å². The Hall–Kier alpha value is -2.76. The largest absolute Gasteiger partial charge is 0.493 e. The van der Waals surface area contributed by atoms with Crippen molar-refractivity contribution in [3.05, 3.63) is 40.1 Å². The first-order valence-corrected chi connectivity index (χ1v) is 14.8. The summed E-state index contributed by atoms with van der Waals surface area (Å²) in [4.78, 5) is 23.3. The number of ether oxygens (including phenoxy) is 1. The lowest BCUT2D eigenvalue weighted by Gasteiger charge is -2.34. The highest BCUT2D eigenvalue weighted by molar-refractivity contribution is 7.89. The number of sulfonamides is 1. The number of hydrogen-bond acceptors (Lipinski definition) is 7. The molecule has 0 bridgehead atoms. The van der Waals surface area contributed by atoms with E-state index in [0.29, 0.717) is 48.3 Å². The van der Waals surface area contributed by atoms with Crippen molar-refractivity contribution in [2.75, 3.05) is 32.8 Å². The fourth-order valence-corrected chi connectivity index (χ4v) is 7.25. The van der Waals surface area contributed by atoms with E-state index < -0.39 is 10.0 Å². The normalized spacial score (nSPS) is 19.6. The van der Waals surface area contributed by atoms with Gasteiger partial charge in [0, 0.05) is 38.1 Å². The van der Waals surface area contributed by atoms with Gasteiger partial charge in [0.15, 0.2) is 11.3 Å². The van der Waals surface area contributed by atoms with Gasteiger partial charge in [-0.05, 0) is 57.7 Å². The number of H-pyrrole nitrogens is 1. The molecule has 0 amide bonds. The molecule has 0 atom stereocenters. The summed E-state index contributed by atoms with van der Waals surface area (Å²) in [6, 6.07) is 5.45. The van der Waals surface area contributed by atoms with Gasteiger partial charge in [-0.15, -0.1) is 5.10 Å². The number of aryl methyl sites for hydroxylation is 1. The summed E-state index contributed by atoms with van der Waals surface area (Å²) in [7, 11) is -3.71. The number of rotatable bonds is 7. The average molecular weight is 543 g/mol. The molecule has 10 nitrogen and oxygen atoms in total. The van der Waals surface area contributed by atoms with Crippen LogP contribution in [0.1, 0.15) is 70.3 Å². The fourth-order valence-electron chi connectivity index (χ4n) is 5.80. The Bertz CT molecular complexity index is 1480. The van der Waals surface area contributed by atoms with Crippen molar-refractivity contribution in [2.24, 2.45) is 0 Å². The molecule has 206 valence electrons. The smallest absolute Gasteiger partial charge is 0.277 e. The SMILES string of the molecule is C.CCOc1ccc(S(=O)(=O)N2CCN(C3CC3)CC2)cc1-c1nn2c(C3CCCC3)nc(C)c2c(=O)[nH]1. The third-order valence-corrected chi connectivity index (χ3v) is 9.80. The molecule has 2 aliphatic carbocycles. The molecule has 3 heterocycles. The summed E-state index contributed by atoms with van der Waals surface area (Å²) in [5.41, 5.74) is 1.23. The molecule has 3 aromatic rings. The second-order valence-electron chi connectivity index (χ2n) is 10.4. The van der Waals surface area contributed by atoms with Gasteiger partial charge >= 0.3 is 0 Å². The predicted molar refractivity (Wildman–Crippen MR) is 146 cm³/mol. The molecule has 2 saturated carbocycles. The van der Waals surface area contributed by atoms with Gasteiger partial charge in [0.2, 0.25) is 10.0 Å². The first-order valence-electron chi connectivity index (χ1n) is 13.4. The number of hydrogen-bond donors (Lipinski definition) is 1. The van der Waals surface area contributed by atoms with Crippen molar-refractivity contribution in [2.45, 2.75) is 76.7 Å². The Kier molecular flexibility index (Phi) is 7.36. The van der Waals surface area contributed by atoms with Crippen LogP contribution in [0.3, 0.4) is 0 Å². The zero-order chi connectivity index (χ0) is 25.7. The maximum atomic E-state index is 13.6. The number of nitrogens with one attached hydrogen (secondary N) is 1. The fraction of sp³-hybridized carbons (Fsp3) is 0.593. The summed E-state index contributed by atoms with van der Waals surface area (Å²) in [6.45, 7) is 6.54. The molecule has 3 aliphatic rings. The third-order valence-electron chi connectivity index (χ3n) is 7.90. The standard InChI is InChI=1S/C26H34N6O4S.CH4/c1-3-36-22-11-10-20(37(34,35)31-14-12-30(13-15-31)19-8-9-19)16-21(22)24-28-26(33)23-17(2)27-25(32(23)29-24)18-6-4-5-7-18;/h10-11,16,18-19H,3-9,12-15H2,1-2H3,(H,28,29,33);1H4. The minimum atomic E-state index is -3.71. The van der Waals surface area contributed by atoms with Crippen molar-refractivity contribution in [3.63, 3.8) is 0 Å². The maximum absolute atomic E-state index is 13.6. The molecule has 6 rings (SSSR count). The Labute approximate surface area is 224 Å². The first kappa shape index (κ1) is 26.8. The Morgan fingerprint density at radius 1 is 1.08 bits per heavy atom. The molecule has 3 fully saturated rings. The van der Waals surface area contributed by atoms with E-state index >= 15 is 0 Å². The predicted octanol–water partition coefficient (Wildman–Crippen LogP) is 3.55. The van der Waals surface area contributed by atoms with E-state index in [1.54, 1.807) is 27.0 Å². The zero-order valence-corrected chi connectivity index (χ0v) is 22.3. The van der Waals surface area contributed by atoms with Crippen LogP contribution in [0.25, 0.3) is 16.9 Å². The quantitative estimate of drug-likeness (QED) is 0.486. The van der Waals surface area contributed by atoms with E-state index in [0.717, 1.165) is 44.6 Å². The molecule has 0 radical (unpaired) electrons. The number of aromatic amines is 1. The van der Waals surface area contributed by atoms with Crippen LogP contribution < -0.4 is 10.3 Å². The van der Waals surface area contributed by atoms with Crippen LogP contribution in [0.5, 0.6) is 5.75 Å². The topological polar surface area (TPSA) is 113 Å². The lowest BCUT2D eigenvalue weighted by molar-refractivity contribution is 0.180. The third kappa shape index (κ3) is 4.76. The summed E-state index contributed by atoms with van der Waals surface area (Å²) in [5, 5.41) is 4.79. The number of aromatic nitrogens is 4.